The number of hydrogen-bond acceptors (Lipinski definition) is 6. The quantitative estimate of drug-likeness (QED) is 0.772. The van der Waals surface area contributed by atoms with Gasteiger partial charge in [0.05, 0.1) is 12.5 Å². The maximum Gasteiger partial charge on any atom is 0.307 e. The van der Waals surface area contributed by atoms with Gasteiger partial charge in [-0.05, 0) is 13.8 Å². The number of nitrogens with zero attached hydrogens (tertiary/aromatic N) is 2. The highest BCUT2D eigenvalue weighted by atomic mass is 32.1. The fraction of sp³-hybridized carbons (Fsp3) is 0.700. The summed E-state index contributed by atoms with van der Waals surface area (Å²) in [5, 5.41) is 3.81. The van der Waals surface area contributed by atoms with Crippen LogP contribution in [0.2, 0.25) is 0 Å². The van der Waals surface area contributed by atoms with Crippen LogP contribution < -0.4 is 5.32 Å². The highest BCUT2D eigenvalue weighted by molar-refractivity contribution is 7.09. The Morgan fingerprint density at radius 1 is 1.56 bits per heavy atom. The number of esters is 1. The van der Waals surface area contributed by atoms with Crippen LogP contribution in [0, 0.1) is 0 Å². The summed E-state index contributed by atoms with van der Waals surface area (Å²) < 4.78 is 9.14. The molecule has 0 fully saturated rings. The predicted octanol–water partition coefficient (Wildman–Crippen LogP) is 1.85. The van der Waals surface area contributed by atoms with E-state index in [2.05, 4.69) is 14.7 Å². The summed E-state index contributed by atoms with van der Waals surface area (Å²) in [6.45, 7) is 6.21. The van der Waals surface area contributed by atoms with Gasteiger partial charge in [0.2, 0.25) is 5.13 Å². The third-order valence-corrected chi connectivity index (χ3v) is 2.47. The fourth-order valence-electron chi connectivity index (χ4n) is 1.06. The Morgan fingerprint density at radius 3 is 2.88 bits per heavy atom. The summed E-state index contributed by atoms with van der Waals surface area (Å²) in [6.07, 6.45) is 1.12. The van der Waals surface area contributed by atoms with Gasteiger partial charge in [0.1, 0.15) is 5.82 Å². The van der Waals surface area contributed by atoms with Crippen LogP contribution in [0.1, 0.15) is 33.0 Å². The average molecular weight is 243 g/mol. The summed E-state index contributed by atoms with van der Waals surface area (Å²) >= 11 is 1.32. The van der Waals surface area contributed by atoms with Crippen LogP contribution in [0.5, 0.6) is 0 Å². The number of carbonyl (C=O) groups is 1. The smallest absolute Gasteiger partial charge is 0.307 e. The second kappa shape index (κ2) is 6.42. The Bertz CT molecular complexity index is 339. The molecule has 1 N–H and O–H groups in total. The van der Waals surface area contributed by atoms with E-state index in [1.165, 1.54) is 11.5 Å². The molecular formula is C10H17N3O2S. The van der Waals surface area contributed by atoms with Gasteiger partial charge in [0.25, 0.3) is 0 Å². The van der Waals surface area contributed by atoms with Gasteiger partial charge in [-0.3, -0.25) is 4.79 Å². The summed E-state index contributed by atoms with van der Waals surface area (Å²) in [4.78, 5) is 15.4. The zero-order chi connectivity index (χ0) is 12.0. The van der Waals surface area contributed by atoms with Crippen LogP contribution in [-0.2, 0) is 16.0 Å². The van der Waals surface area contributed by atoms with Gasteiger partial charge in [-0.2, -0.15) is 4.37 Å². The normalized spacial score (nSPS) is 10.5. The summed E-state index contributed by atoms with van der Waals surface area (Å²) in [5.41, 5.74) is 0. The molecule has 0 aromatic carbocycles. The number of ether oxygens (including phenoxy) is 1. The van der Waals surface area contributed by atoms with E-state index < -0.39 is 0 Å². The standard InChI is InChI=1S/C10H17N3O2S/c1-4-8-12-10(16-13-8)11-6-5-9(14)15-7(2)3/h7H,4-6H2,1-3H3,(H,11,12,13). The second-order valence-corrected chi connectivity index (χ2v) is 4.34. The van der Waals surface area contributed by atoms with E-state index in [9.17, 15) is 4.79 Å². The number of rotatable bonds is 6. The van der Waals surface area contributed by atoms with E-state index >= 15 is 0 Å². The first-order chi connectivity index (χ1) is 7.61. The van der Waals surface area contributed by atoms with Gasteiger partial charge in [-0.25, -0.2) is 4.98 Å². The molecule has 90 valence electrons. The van der Waals surface area contributed by atoms with Gasteiger partial charge < -0.3 is 10.1 Å². The minimum absolute atomic E-state index is 0.0549. The highest BCUT2D eigenvalue weighted by Gasteiger charge is 2.06. The molecule has 0 saturated heterocycles. The van der Waals surface area contributed by atoms with Crippen molar-refractivity contribution in [2.24, 2.45) is 0 Å². The summed E-state index contributed by atoms with van der Waals surface area (Å²) in [6, 6.07) is 0. The monoisotopic (exact) mass is 243 g/mol. The van der Waals surface area contributed by atoms with E-state index in [0.29, 0.717) is 13.0 Å². The third-order valence-electron chi connectivity index (χ3n) is 1.76. The molecule has 1 rings (SSSR count). The fourth-order valence-corrected chi connectivity index (χ4v) is 1.74. The lowest BCUT2D eigenvalue weighted by Gasteiger charge is -2.07. The Balaban J connectivity index is 2.22. The topological polar surface area (TPSA) is 64.1 Å². The number of aryl methyl sites for hydroxylation is 1. The van der Waals surface area contributed by atoms with Crippen LogP contribution in [0.4, 0.5) is 5.13 Å². The van der Waals surface area contributed by atoms with Crippen molar-refractivity contribution in [1.82, 2.24) is 9.36 Å². The molecule has 0 aliphatic carbocycles. The molecule has 16 heavy (non-hydrogen) atoms. The van der Waals surface area contributed by atoms with Gasteiger partial charge in [-0.15, -0.1) is 0 Å². The van der Waals surface area contributed by atoms with E-state index in [1.807, 2.05) is 20.8 Å². The lowest BCUT2D eigenvalue weighted by atomic mass is 10.4. The molecular weight excluding hydrogens is 226 g/mol. The van der Waals surface area contributed by atoms with Crippen molar-refractivity contribution in [3.8, 4) is 0 Å². The molecule has 1 aromatic rings. The number of hydrogen-bond donors (Lipinski definition) is 1. The van der Waals surface area contributed by atoms with Crippen LogP contribution in [0.3, 0.4) is 0 Å². The maximum absolute atomic E-state index is 11.2. The first-order valence-electron chi connectivity index (χ1n) is 5.37. The SMILES string of the molecule is CCc1nsc(NCCC(=O)OC(C)C)n1. The van der Waals surface area contributed by atoms with Gasteiger partial charge >= 0.3 is 5.97 Å². The molecule has 5 nitrogen and oxygen atoms in total. The first kappa shape index (κ1) is 12.9. The lowest BCUT2D eigenvalue weighted by Crippen LogP contribution is -2.15. The van der Waals surface area contributed by atoms with Crippen molar-refractivity contribution in [3.05, 3.63) is 5.82 Å². The lowest BCUT2D eigenvalue weighted by molar-refractivity contribution is -0.147. The van der Waals surface area contributed by atoms with E-state index in [0.717, 1.165) is 17.4 Å². The Hall–Kier alpha value is -1.17. The van der Waals surface area contributed by atoms with E-state index in [4.69, 9.17) is 4.74 Å². The molecule has 0 aliphatic heterocycles. The van der Waals surface area contributed by atoms with Crippen molar-refractivity contribution in [1.29, 1.82) is 0 Å². The average Bonchev–Trinajstić information content (AvgIpc) is 2.64. The minimum atomic E-state index is -0.192. The third kappa shape index (κ3) is 4.57. The number of aromatic nitrogens is 2. The van der Waals surface area contributed by atoms with Crippen LogP contribution in [0.15, 0.2) is 0 Å². The number of anilines is 1. The van der Waals surface area contributed by atoms with Gasteiger partial charge in [0.15, 0.2) is 0 Å². The number of carbonyl (C=O) groups excluding carboxylic acids is 1. The Morgan fingerprint density at radius 2 is 2.31 bits per heavy atom. The molecule has 6 heteroatoms. The van der Waals surface area contributed by atoms with Crippen molar-refractivity contribution in [2.45, 2.75) is 39.7 Å². The van der Waals surface area contributed by atoms with Crippen LogP contribution in [-0.4, -0.2) is 28.0 Å². The van der Waals surface area contributed by atoms with Crippen molar-refractivity contribution in [2.75, 3.05) is 11.9 Å². The molecule has 0 atom stereocenters. The second-order valence-electron chi connectivity index (χ2n) is 3.58. The highest BCUT2D eigenvalue weighted by Crippen LogP contribution is 2.10. The molecule has 0 amide bonds. The van der Waals surface area contributed by atoms with E-state index in [1.54, 1.807) is 0 Å². The molecule has 0 aliphatic rings. The largest absolute Gasteiger partial charge is 0.463 e. The van der Waals surface area contributed by atoms with E-state index in [-0.39, 0.29) is 12.1 Å². The maximum atomic E-state index is 11.2. The molecule has 0 unspecified atom stereocenters. The summed E-state index contributed by atoms with van der Waals surface area (Å²) in [7, 11) is 0. The van der Waals surface area contributed by atoms with Crippen molar-refractivity contribution >= 4 is 22.6 Å². The van der Waals surface area contributed by atoms with Crippen molar-refractivity contribution in [3.63, 3.8) is 0 Å². The minimum Gasteiger partial charge on any atom is -0.463 e. The predicted molar refractivity (Wildman–Crippen MR) is 63.6 cm³/mol. The number of nitrogens with one attached hydrogen (secondary N) is 1. The Labute approximate surface area is 99.4 Å². The molecule has 0 saturated carbocycles. The summed E-state index contributed by atoms with van der Waals surface area (Å²) in [5.74, 6) is 0.639. The van der Waals surface area contributed by atoms with Crippen molar-refractivity contribution < 1.29 is 9.53 Å². The molecule has 1 aromatic heterocycles. The molecule has 0 bridgehead atoms. The molecule has 0 radical (unpaired) electrons. The van der Waals surface area contributed by atoms with Crippen LogP contribution in [0.25, 0.3) is 0 Å². The zero-order valence-corrected chi connectivity index (χ0v) is 10.6. The zero-order valence-electron chi connectivity index (χ0n) is 9.82. The molecule has 1 heterocycles. The van der Waals surface area contributed by atoms with Gasteiger partial charge in [-0.1, -0.05) is 6.92 Å². The molecule has 0 spiro atoms. The van der Waals surface area contributed by atoms with Crippen LogP contribution >= 0.6 is 11.5 Å². The van der Waals surface area contributed by atoms with Gasteiger partial charge in [0, 0.05) is 24.5 Å². The Kier molecular flexibility index (Phi) is 5.18. The first-order valence-corrected chi connectivity index (χ1v) is 6.15.